The van der Waals surface area contributed by atoms with E-state index in [-0.39, 0.29) is 17.9 Å². The first-order chi connectivity index (χ1) is 9.75. The van der Waals surface area contributed by atoms with Gasteiger partial charge >= 0.3 is 0 Å². The van der Waals surface area contributed by atoms with E-state index in [1.807, 2.05) is 23.1 Å². The molecule has 0 radical (unpaired) electrons. The number of carbonyl (C=O) groups excluding carboxylic acids is 2. The van der Waals surface area contributed by atoms with Crippen molar-refractivity contribution in [3.8, 4) is 0 Å². The molecule has 3 rings (SSSR count). The van der Waals surface area contributed by atoms with Crippen molar-refractivity contribution >= 4 is 11.8 Å². The van der Waals surface area contributed by atoms with Crippen molar-refractivity contribution in [3.05, 3.63) is 35.9 Å². The maximum atomic E-state index is 12.5. The molecule has 20 heavy (non-hydrogen) atoms. The predicted octanol–water partition coefficient (Wildman–Crippen LogP) is 1.45. The maximum absolute atomic E-state index is 12.5. The molecule has 1 atom stereocenters. The second-order valence-electron chi connectivity index (χ2n) is 5.56. The van der Waals surface area contributed by atoms with Crippen LogP contribution in [0.1, 0.15) is 24.8 Å². The van der Waals surface area contributed by atoms with E-state index in [9.17, 15) is 9.59 Å². The predicted molar refractivity (Wildman–Crippen MR) is 76.1 cm³/mol. The summed E-state index contributed by atoms with van der Waals surface area (Å²) < 4.78 is 0. The molecular weight excluding hydrogens is 252 g/mol. The van der Waals surface area contributed by atoms with Gasteiger partial charge in [0.1, 0.15) is 6.04 Å². The molecule has 1 aromatic rings. The first-order valence-electron chi connectivity index (χ1n) is 7.38. The zero-order valence-corrected chi connectivity index (χ0v) is 11.6. The summed E-state index contributed by atoms with van der Waals surface area (Å²) in [7, 11) is 0. The van der Waals surface area contributed by atoms with E-state index in [0.29, 0.717) is 19.5 Å². The van der Waals surface area contributed by atoms with Gasteiger partial charge < -0.3 is 9.80 Å². The van der Waals surface area contributed by atoms with Crippen molar-refractivity contribution in [2.24, 2.45) is 0 Å². The van der Waals surface area contributed by atoms with Crippen molar-refractivity contribution in [1.82, 2.24) is 9.80 Å². The third-order valence-corrected chi connectivity index (χ3v) is 4.28. The normalized spacial score (nSPS) is 22.9. The summed E-state index contributed by atoms with van der Waals surface area (Å²) in [6.07, 6.45) is 3.10. The van der Waals surface area contributed by atoms with Gasteiger partial charge in [0.05, 0.1) is 0 Å². The van der Waals surface area contributed by atoms with Crippen LogP contribution in [0.4, 0.5) is 0 Å². The van der Waals surface area contributed by atoms with E-state index in [2.05, 4.69) is 12.1 Å². The maximum Gasteiger partial charge on any atom is 0.245 e. The van der Waals surface area contributed by atoms with Gasteiger partial charge in [0.25, 0.3) is 0 Å². The molecule has 2 fully saturated rings. The van der Waals surface area contributed by atoms with Crippen LogP contribution in [0.5, 0.6) is 0 Å². The molecule has 2 saturated heterocycles. The molecular formula is C16H20N2O2. The number of nitrogens with zero attached hydrogens (tertiary/aromatic N) is 2. The molecule has 4 heteroatoms. The second-order valence-corrected chi connectivity index (χ2v) is 5.56. The molecule has 2 amide bonds. The van der Waals surface area contributed by atoms with Gasteiger partial charge in [-0.3, -0.25) is 9.59 Å². The molecule has 2 heterocycles. The SMILES string of the molecule is O=C1C2CCCN2C(=O)CCN1CCc1ccccc1. The van der Waals surface area contributed by atoms with Crippen LogP contribution in [0.2, 0.25) is 0 Å². The molecule has 0 spiro atoms. The Morgan fingerprint density at radius 1 is 1.10 bits per heavy atom. The molecule has 1 unspecified atom stereocenters. The molecule has 1 aromatic carbocycles. The Kier molecular flexibility index (Phi) is 3.72. The number of benzene rings is 1. The number of hydrogen-bond donors (Lipinski definition) is 0. The van der Waals surface area contributed by atoms with Crippen LogP contribution in [0, 0.1) is 0 Å². The highest BCUT2D eigenvalue weighted by molar-refractivity contribution is 5.90. The minimum Gasteiger partial charge on any atom is -0.340 e. The van der Waals surface area contributed by atoms with Gasteiger partial charge in [0.15, 0.2) is 0 Å². The van der Waals surface area contributed by atoms with E-state index < -0.39 is 0 Å². The van der Waals surface area contributed by atoms with Crippen molar-refractivity contribution in [2.75, 3.05) is 19.6 Å². The Balaban J connectivity index is 1.67. The summed E-state index contributed by atoms with van der Waals surface area (Å²) in [5.74, 6) is 0.285. The van der Waals surface area contributed by atoms with Crippen LogP contribution in [-0.4, -0.2) is 47.3 Å². The fourth-order valence-electron chi connectivity index (χ4n) is 3.15. The van der Waals surface area contributed by atoms with Crippen LogP contribution in [0.25, 0.3) is 0 Å². The average molecular weight is 272 g/mol. The van der Waals surface area contributed by atoms with Crippen molar-refractivity contribution in [2.45, 2.75) is 31.7 Å². The lowest BCUT2D eigenvalue weighted by molar-refractivity contribution is -0.139. The highest BCUT2D eigenvalue weighted by atomic mass is 16.2. The van der Waals surface area contributed by atoms with E-state index >= 15 is 0 Å². The average Bonchev–Trinajstić information content (AvgIpc) is 2.93. The molecule has 0 aromatic heterocycles. The quantitative estimate of drug-likeness (QED) is 0.835. The largest absolute Gasteiger partial charge is 0.340 e. The monoisotopic (exact) mass is 272 g/mol. The van der Waals surface area contributed by atoms with E-state index in [1.165, 1.54) is 5.56 Å². The first kappa shape index (κ1) is 13.2. The van der Waals surface area contributed by atoms with E-state index in [1.54, 1.807) is 4.90 Å². The molecule has 0 N–H and O–H groups in total. The molecule has 106 valence electrons. The number of rotatable bonds is 3. The van der Waals surface area contributed by atoms with Crippen LogP contribution in [-0.2, 0) is 16.0 Å². The third-order valence-electron chi connectivity index (χ3n) is 4.28. The van der Waals surface area contributed by atoms with Gasteiger partial charge in [-0.05, 0) is 24.8 Å². The van der Waals surface area contributed by atoms with Crippen LogP contribution in [0.3, 0.4) is 0 Å². The van der Waals surface area contributed by atoms with Crippen LogP contribution < -0.4 is 0 Å². The number of carbonyl (C=O) groups is 2. The molecule has 2 aliphatic rings. The van der Waals surface area contributed by atoms with Gasteiger partial charge in [-0.25, -0.2) is 0 Å². The summed E-state index contributed by atoms with van der Waals surface area (Å²) in [6.45, 7) is 2.03. The summed E-state index contributed by atoms with van der Waals surface area (Å²) in [4.78, 5) is 28.2. The van der Waals surface area contributed by atoms with Crippen molar-refractivity contribution in [3.63, 3.8) is 0 Å². The Labute approximate surface area is 119 Å². The summed E-state index contributed by atoms with van der Waals surface area (Å²) in [5.41, 5.74) is 1.24. The fourth-order valence-corrected chi connectivity index (χ4v) is 3.15. The lowest BCUT2D eigenvalue weighted by atomic mass is 10.1. The Morgan fingerprint density at radius 2 is 1.90 bits per heavy atom. The Morgan fingerprint density at radius 3 is 2.70 bits per heavy atom. The highest BCUT2D eigenvalue weighted by Gasteiger charge is 2.38. The lowest BCUT2D eigenvalue weighted by Gasteiger charge is -2.25. The van der Waals surface area contributed by atoms with Gasteiger partial charge in [0, 0.05) is 26.1 Å². The molecule has 0 saturated carbocycles. The van der Waals surface area contributed by atoms with Gasteiger partial charge in [-0.1, -0.05) is 30.3 Å². The standard InChI is InChI=1S/C16H20N2O2/c19-15-9-12-17(11-8-13-5-2-1-3-6-13)16(20)14-7-4-10-18(14)15/h1-3,5-6,14H,4,7-12H2. The van der Waals surface area contributed by atoms with Gasteiger partial charge in [-0.2, -0.15) is 0 Å². The second kappa shape index (κ2) is 5.65. The minimum atomic E-state index is -0.194. The number of fused-ring (bicyclic) bond motifs is 1. The topological polar surface area (TPSA) is 40.6 Å². The number of amides is 2. The molecule has 0 bridgehead atoms. The Hall–Kier alpha value is -1.84. The highest BCUT2D eigenvalue weighted by Crippen LogP contribution is 2.23. The number of hydrogen-bond acceptors (Lipinski definition) is 2. The van der Waals surface area contributed by atoms with Crippen LogP contribution in [0.15, 0.2) is 30.3 Å². The van der Waals surface area contributed by atoms with Gasteiger partial charge in [-0.15, -0.1) is 0 Å². The summed E-state index contributed by atoms with van der Waals surface area (Å²) in [6, 6.07) is 9.99. The zero-order valence-electron chi connectivity index (χ0n) is 11.6. The fraction of sp³-hybridized carbons (Fsp3) is 0.500. The molecule has 4 nitrogen and oxygen atoms in total. The molecule has 2 aliphatic heterocycles. The smallest absolute Gasteiger partial charge is 0.245 e. The summed E-state index contributed by atoms with van der Waals surface area (Å²) in [5, 5.41) is 0. The van der Waals surface area contributed by atoms with Crippen molar-refractivity contribution < 1.29 is 9.59 Å². The minimum absolute atomic E-state index is 0.142. The van der Waals surface area contributed by atoms with E-state index in [4.69, 9.17) is 0 Å². The van der Waals surface area contributed by atoms with Gasteiger partial charge in [0.2, 0.25) is 11.8 Å². The Bertz CT molecular complexity index is 500. The zero-order chi connectivity index (χ0) is 13.9. The molecule has 0 aliphatic carbocycles. The van der Waals surface area contributed by atoms with Crippen molar-refractivity contribution in [1.29, 1.82) is 0 Å². The van der Waals surface area contributed by atoms with Crippen LogP contribution >= 0.6 is 0 Å². The summed E-state index contributed by atoms with van der Waals surface area (Å²) >= 11 is 0. The lowest BCUT2D eigenvalue weighted by Crippen LogP contribution is -2.44. The van der Waals surface area contributed by atoms with E-state index in [0.717, 1.165) is 25.8 Å². The first-order valence-corrected chi connectivity index (χ1v) is 7.38. The third kappa shape index (κ3) is 2.55.